The van der Waals surface area contributed by atoms with E-state index < -0.39 is 0 Å². The maximum absolute atomic E-state index is 5.29. The second-order valence-corrected chi connectivity index (χ2v) is 5.09. The molecule has 0 fully saturated rings. The van der Waals surface area contributed by atoms with Gasteiger partial charge in [0.05, 0.1) is 12.6 Å². The standard InChI is InChI=1S/C16H20N2OS/c1-12(18-16(20)17-10-11-19-2)14-9-5-7-13-6-3-4-8-15(13)14/h3-9,12H,10-11H2,1-2H3,(H2,17,18,20)/t12-/m1/s1. The van der Waals surface area contributed by atoms with E-state index in [9.17, 15) is 0 Å². The Morgan fingerprint density at radius 2 is 1.95 bits per heavy atom. The van der Waals surface area contributed by atoms with E-state index in [0.717, 1.165) is 0 Å². The fraction of sp³-hybridized carbons (Fsp3) is 0.312. The summed E-state index contributed by atoms with van der Waals surface area (Å²) in [6.07, 6.45) is 0. The molecule has 106 valence electrons. The molecular weight excluding hydrogens is 268 g/mol. The van der Waals surface area contributed by atoms with Gasteiger partial charge in [-0.15, -0.1) is 0 Å². The van der Waals surface area contributed by atoms with Crippen molar-refractivity contribution in [2.45, 2.75) is 13.0 Å². The average molecular weight is 288 g/mol. The smallest absolute Gasteiger partial charge is 0.166 e. The van der Waals surface area contributed by atoms with Crippen molar-refractivity contribution in [2.24, 2.45) is 0 Å². The second kappa shape index (κ2) is 7.22. The van der Waals surface area contributed by atoms with Gasteiger partial charge < -0.3 is 15.4 Å². The van der Waals surface area contributed by atoms with Gasteiger partial charge in [-0.25, -0.2) is 0 Å². The molecule has 0 saturated carbocycles. The Kier molecular flexibility index (Phi) is 5.32. The predicted octanol–water partition coefficient (Wildman–Crippen LogP) is 3.01. The normalized spacial score (nSPS) is 12.1. The monoisotopic (exact) mass is 288 g/mol. The van der Waals surface area contributed by atoms with E-state index in [0.29, 0.717) is 18.3 Å². The Balaban J connectivity index is 2.07. The maximum atomic E-state index is 5.29. The first kappa shape index (κ1) is 14.8. The van der Waals surface area contributed by atoms with Crippen molar-refractivity contribution >= 4 is 28.1 Å². The van der Waals surface area contributed by atoms with Gasteiger partial charge in [0.15, 0.2) is 5.11 Å². The van der Waals surface area contributed by atoms with Crippen LogP contribution in [0.4, 0.5) is 0 Å². The zero-order valence-corrected chi connectivity index (χ0v) is 12.7. The number of benzene rings is 2. The Morgan fingerprint density at radius 1 is 1.20 bits per heavy atom. The van der Waals surface area contributed by atoms with E-state index >= 15 is 0 Å². The van der Waals surface area contributed by atoms with Crippen LogP contribution < -0.4 is 10.6 Å². The molecule has 0 spiro atoms. The highest BCUT2D eigenvalue weighted by molar-refractivity contribution is 7.80. The summed E-state index contributed by atoms with van der Waals surface area (Å²) in [5.41, 5.74) is 1.25. The van der Waals surface area contributed by atoms with Gasteiger partial charge in [-0.05, 0) is 35.5 Å². The van der Waals surface area contributed by atoms with Crippen molar-refractivity contribution in [1.29, 1.82) is 0 Å². The molecule has 1 atom stereocenters. The number of rotatable bonds is 5. The van der Waals surface area contributed by atoms with Crippen molar-refractivity contribution in [3.63, 3.8) is 0 Å². The SMILES string of the molecule is COCCNC(=S)N[C@H](C)c1cccc2ccccc12. The summed E-state index contributed by atoms with van der Waals surface area (Å²) in [5, 5.41) is 9.60. The van der Waals surface area contributed by atoms with Crippen LogP contribution in [0.5, 0.6) is 0 Å². The van der Waals surface area contributed by atoms with E-state index in [-0.39, 0.29) is 6.04 Å². The largest absolute Gasteiger partial charge is 0.383 e. The average Bonchev–Trinajstić information content (AvgIpc) is 2.47. The highest BCUT2D eigenvalue weighted by Gasteiger charge is 2.09. The number of ether oxygens (including phenoxy) is 1. The van der Waals surface area contributed by atoms with Gasteiger partial charge in [-0.3, -0.25) is 0 Å². The van der Waals surface area contributed by atoms with Crippen LogP contribution in [0.15, 0.2) is 42.5 Å². The van der Waals surface area contributed by atoms with Gasteiger partial charge in [0.25, 0.3) is 0 Å². The van der Waals surface area contributed by atoms with Crippen LogP contribution in [0, 0.1) is 0 Å². The number of hydrogen-bond acceptors (Lipinski definition) is 2. The van der Waals surface area contributed by atoms with E-state index in [4.69, 9.17) is 17.0 Å². The molecule has 20 heavy (non-hydrogen) atoms. The van der Waals surface area contributed by atoms with Crippen LogP contribution in [-0.4, -0.2) is 25.4 Å². The summed E-state index contributed by atoms with van der Waals surface area (Å²) in [6, 6.07) is 14.9. The number of methoxy groups -OCH3 is 1. The molecule has 2 N–H and O–H groups in total. The van der Waals surface area contributed by atoms with Gasteiger partial charge in [0.1, 0.15) is 0 Å². The predicted molar refractivity (Wildman–Crippen MR) is 88.0 cm³/mol. The minimum atomic E-state index is 0.156. The molecule has 2 aromatic rings. The Labute approximate surface area is 125 Å². The molecule has 0 amide bonds. The molecule has 0 aromatic heterocycles. The van der Waals surface area contributed by atoms with E-state index in [1.807, 2.05) is 0 Å². The first-order chi connectivity index (χ1) is 9.72. The van der Waals surface area contributed by atoms with Gasteiger partial charge in [-0.1, -0.05) is 42.5 Å². The summed E-state index contributed by atoms with van der Waals surface area (Å²) in [5.74, 6) is 0. The molecule has 2 rings (SSSR count). The van der Waals surface area contributed by atoms with Gasteiger partial charge in [0.2, 0.25) is 0 Å². The van der Waals surface area contributed by atoms with Crippen molar-refractivity contribution < 1.29 is 4.74 Å². The molecule has 0 saturated heterocycles. The molecule has 4 heteroatoms. The van der Waals surface area contributed by atoms with Crippen LogP contribution in [0.25, 0.3) is 10.8 Å². The summed E-state index contributed by atoms with van der Waals surface area (Å²) < 4.78 is 4.99. The third-order valence-corrected chi connectivity index (χ3v) is 3.49. The van der Waals surface area contributed by atoms with Gasteiger partial charge in [0, 0.05) is 13.7 Å². The van der Waals surface area contributed by atoms with E-state index in [2.05, 4.69) is 60.0 Å². The minimum Gasteiger partial charge on any atom is -0.383 e. The molecule has 0 aliphatic heterocycles. The Morgan fingerprint density at radius 3 is 2.75 bits per heavy atom. The zero-order chi connectivity index (χ0) is 14.4. The Bertz CT molecular complexity index is 580. The van der Waals surface area contributed by atoms with Crippen LogP contribution in [-0.2, 0) is 4.74 Å². The lowest BCUT2D eigenvalue weighted by Gasteiger charge is -2.19. The first-order valence-electron chi connectivity index (χ1n) is 6.73. The van der Waals surface area contributed by atoms with Crippen molar-refractivity contribution in [1.82, 2.24) is 10.6 Å². The number of nitrogens with one attached hydrogen (secondary N) is 2. The van der Waals surface area contributed by atoms with Crippen molar-refractivity contribution in [2.75, 3.05) is 20.3 Å². The first-order valence-corrected chi connectivity index (χ1v) is 7.14. The lowest BCUT2D eigenvalue weighted by atomic mass is 10.00. The van der Waals surface area contributed by atoms with Crippen molar-refractivity contribution in [3.8, 4) is 0 Å². The number of hydrogen-bond donors (Lipinski definition) is 2. The zero-order valence-electron chi connectivity index (χ0n) is 11.8. The molecule has 0 aliphatic carbocycles. The third kappa shape index (κ3) is 3.68. The summed E-state index contributed by atoms with van der Waals surface area (Å²) in [6.45, 7) is 3.47. The molecular formula is C16H20N2OS. The van der Waals surface area contributed by atoms with Crippen molar-refractivity contribution in [3.05, 3.63) is 48.0 Å². The summed E-state index contributed by atoms with van der Waals surface area (Å²) in [4.78, 5) is 0. The lowest BCUT2D eigenvalue weighted by molar-refractivity contribution is 0.204. The number of thiocarbonyl (C=S) groups is 1. The van der Waals surface area contributed by atoms with E-state index in [1.54, 1.807) is 7.11 Å². The second-order valence-electron chi connectivity index (χ2n) is 4.68. The molecule has 0 radical (unpaired) electrons. The third-order valence-electron chi connectivity index (χ3n) is 3.23. The summed E-state index contributed by atoms with van der Waals surface area (Å²) >= 11 is 5.29. The van der Waals surface area contributed by atoms with Gasteiger partial charge >= 0.3 is 0 Å². The quantitative estimate of drug-likeness (QED) is 0.654. The lowest BCUT2D eigenvalue weighted by Crippen LogP contribution is -2.38. The van der Waals surface area contributed by atoms with Crippen LogP contribution in [0.2, 0.25) is 0 Å². The fourth-order valence-corrected chi connectivity index (χ4v) is 2.50. The molecule has 3 nitrogen and oxygen atoms in total. The fourth-order valence-electron chi connectivity index (χ4n) is 2.22. The molecule has 2 aromatic carbocycles. The Hall–Kier alpha value is -1.65. The van der Waals surface area contributed by atoms with Gasteiger partial charge in [-0.2, -0.15) is 0 Å². The van der Waals surface area contributed by atoms with E-state index in [1.165, 1.54) is 16.3 Å². The highest BCUT2D eigenvalue weighted by atomic mass is 32.1. The summed E-state index contributed by atoms with van der Waals surface area (Å²) in [7, 11) is 1.68. The highest BCUT2D eigenvalue weighted by Crippen LogP contribution is 2.23. The van der Waals surface area contributed by atoms with Crippen LogP contribution >= 0.6 is 12.2 Å². The molecule has 0 bridgehead atoms. The molecule has 0 aliphatic rings. The maximum Gasteiger partial charge on any atom is 0.166 e. The number of fused-ring (bicyclic) bond motifs is 1. The molecule has 0 heterocycles. The van der Waals surface area contributed by atoms with Crippen LogP contribution in [0.1, 0.15) is 18.5 Å². The van der Waals surface area contributed by atoms with Crippen LogP contribution in [0.3, 0.4) is 0 Å². The topological polar surface area (TPSA) is 33.3 Å². The molecule has 0 unspecified atom stereocenters. The minimum absolute atomic E-state index is 0.156.